The average molecular weight is 325 g/mol. The van der Waals surface area contributed by atoms with E-state index in [9.17, 15) is 9.18 Å². The zero-order chi connectivity index (χ0) is 16.8. The summed E-state index contributed by atoms with van der Waals surface area (Å²) in [5.74, 6) is -0.277. The second-order valence-electron chi connectivity index (χ2n) is 5.87. The number of rotatable bonds is 4. The van der Waals surface area contributed by atoms with Crippen molar-refractivity contribution in [2.24, 2.45) is 0 Å². The number of anilines is 1. The minimum absolute atomic E-state index is 0.000784. The molecular weight excluding hydrogens is 305 g/mol. The van der Waals surface area contributed by atoms with Gasteiger partial charge in [-0.15, -0.1) is 0 Å². The van der Waals surface area contributed by atoms with Crippen molar-refractivity contribution < 1.29 is 9.18 Å². The van der Waals surface area contributed by atoms with Crippen molar-refractivity contribution in [3.8, 4) is 0 Å². The number of nitrogens with one attached hydrogen (secondary N) is 1. The highest BCUT2D eigenvalue weighted by Crippen LogP contribution is 2.16. The van der Waals surface area contributed by atoms with Gasteiger partial charge >= 0.3 is 0 Å². The molecule has 1 fully saturated rings. The summed E-state index contributed by atoms with van der Waals surface area (Å²) in [6.45, 7) is 1.45. The highest BCUT2D eigenvalue weighted by molar-refractivity contribution is 5.91. The highest BCUT2D eigenvalue weighted by atomic mass is 19.1. The van der Waals surface area contributed by atoms with Gasteiger partial charge in [-0.05, 0) is 48.7 Å². The summed E-state index contributed by atoms with van der Waals surface area (Å²) < 4.78 is 12.9. The second-order valence-corrected chi connectivity index (χ2v) is 5.87. The quantitative estimate of drug-likeness (QED) is 0.877. The van der Waals surface area contributed by atoms with Crippen LogP contribution < -0.4 is 5.32 Å². The van der Waals surface area contributed by atoms with E-state index in [1.54, 1.807) is 30.5 Å². The number of likely N-dealkylation sites (tertiary alicyclic amines) is 1. The van der Waals surface area contributed by atoms with Crippen LogP contribution in [0.5, 0.6) is 0 Å². The van der Waals surface area contributed by atoms with Gasteiger partial charge in [-0.3, -0.25) is 9.78 Å². The molecule has 5 heteroatoms. The van der Waals surface area contributed by atoms with Gasteiger partial charge in [0.15, 0.2) is 0 Å². The maximum Gasteiger partial charge on any atom is 0.246 e. The van der Waals surface area contributed by atoms with Crippen molar-refractivity contribution in [2.75, 3.05) is 18.4 Å². The van der Waals surface area contributed by atoms with Crippen molar-refractivity contribution in [3.05, 3.63) is 66.2 Å². The van der Waals surface area contributed by atoms with Crippen LogP contribution in [0.1, 0.15) is 18.4 Å². The third-order valence-corrected chi connectivity index (χ3v) is 4.13. The number of piperidine rings is 1. The SMILES string of the molecule is O=C(C=Cc1ccc(F)cc1)N1CCC(Nc2cccnc2)CC1. The van der Waals surface area contributed by atoms with Crippen LogP contribution >= 0.6 is 0 Å². The Hall–Kier alpha value is -2.69. The van der Waals surface area contributed by atoms with E-state index in [-0.39, 0.29) is 11.7 Å². The molecule has 2 heterocycles. The lowest BCUT2D eigenvalue weighted by Crippen LogP contribution is -2.41. The van der Waals surface area contributed by atoms with Crippen molar-refractivity contribution in [2.45, 2.75) is 18.9 Å². The predicted molar refractivity (Wildman–Crippen MR) is 92.9 cm³/mol. The van der Waals surface area contributed by atoms with E-state index in [0.717, 1.165) is 37.2 Å². The number of pyridine rings is 1. The molecular formula is C19H20FN3O. The van der Waals surface area contributed by atoms with Crippen LogP contribution in [0.2, 0.25) is 0 Å². The summed E-state index contributed by atoms with van der Waals surface area (Å²) >= 11 is 0. The molecule has 1 aromatic carbocycles. The zero-order valence-corrected chi connectivity index (χ0v) is 13.4. The molecule has 0 radical (unpaired) electrons. The Balaban J connectivity index is 1.49. The number of aromatic nitrogens is 1. The monoisotopic (exact) mass is 325 g/mol. The lowest BCUT2D eigenvalue weighted by atomic mass is 10.0. The molecule has 0 saturated carbocycles. The van der Waals surface area contributed by atoms with Gasteiger partial charge in [0, 0.05) is 37.6 Å². The molecule has 24 heavy (non-hydrogen) atoms. The molecule has 124 valence electrons. The van der Waals surface area contributed by atoms with Gasteiger partial charge in [0.1, 0.15) is 5.82 Å². The van der Waals surface area contributed by atoms with Crippen molar-refractivity contribution in [1.29, 1.82) is 0 Å². The predicted octanol–water partition coefficient (Wildman–Crippen LogP) is 3.34. The first kappa shape index (κ1) is 16.2. The minimum atomic E-state index is -0.276. The molecule has 0 bridgehead atoms. The fourth-order valence-corrected chi connectivity index (χ4v) is 2.77. The Bertz CT molecular complexity index is 692. The van der Waals surface area contributed by atoms with E-state index in [1.807, 2.05) is 23.2 Å². The second kappa shape index (κ2) is 7.73. The molecule has 0 unspecified atom stereocenters. The van der Waals surface area contributed by atoms with Crippen molar-refractivity contribution in [1.82, 2.24) is 9.88 Å². The fourth-order valence-electron chi connectivity index (χ4n) is 2.77. The number of nitrogens with zero attached hydrogens (tertiary/aromatic N) is 2. The topological polar surface area (TPSA) is 45.2 Å². The first-order valence-electron chi connectivity index (χ1n) is 8.10. The summed E-state index contributed by atoms with van der Waals surface area (Å²) in [4.78, 5) is 18.2. The molecule has 1 amide bonds. The number of halogens is 1. The van der Waals surface area contributed by atoms with Gasteiger partial charge in [0.25, 0.3) is 0 Å². The summed E-state index contributed by atoms with van der Waals surface area (Å²) in [7, 11) is 0. The number of hydrogen-bond donors (Lipinski definition) is 1. The van der Waals surface area contributed by atoms with Crippen molar-refractivity contribution in [3.63, 3.8) is 0 Å². The molecule has 3 rings (SSSR count). The van der Waals surface area contributed by atoms with Gasteiger partial charge in [-0.1, -0.05) is 12.1 Å². The van der Waals surface area contributed by atoms with Crippen LogP contribution in [0.25, 0.3) is 6.08 Å². The van der Waals surface area contributed by atoms with Crippen LogP contribution in [-0.4, -0.2) is 34.9 Å². The van der Waals surface area contributed by atoms with E-state index < -0.39 is 0 Å². The molecule has 0 atom stereocenters. The van der Waals surface area contributed by atoms with Crippen LogP contribution in [-0.2, 0) is 4.79 Å². The molecule has 1 aliphatic rings. The van der Waals surface area contributed by atoms with E-state index in [1.165, 1.54) is 12.1 Å². The molecule has 1 N–H and O–H groups in total. The first-order chi connectivity index (χ1) is 11.7. The van der Waals surface area contributed by atoms with Gasteiger partial charge in [-0.25, -0.2) is 4.39 Å². The fraction of sp³-hybridized carbons (Fsp3) is 0.263. The number of carbonyl (C=O) groups is 1. The Morgan fingerprint density at radius 1 is 1.21 bits per heavy atom. The molecule has 0 aliphatic carbocycles. The van der Waals surface area contributed by atoms with Gasteiger partial charge < -0.3 is 10.2 Å². The number of carbonyl (C=O) groups excluding carboxylic acids is 1. The van der Waals surface area contributed by atoms with Gasteiger partial charge in [0.05, 0.1) is 5.69 Å². The van der Waals surface area contributed by atoms with Crippen LogP contribution in [0.15, 0.2) is 54.9 Å². The van der Waals surface area contributed by atoms with Crippen LogP contribution in [0, 0.1) is 5.82 Å². The maximum absolute atomic E-state index is 12.9. The third-order valence-electron chi connectivity index (χ3n) is 4.13. The zero-order valence-electron chi connectivity index (χ0n) is 13.4. The van der Waals surface area contributed by atoms with Gasteiger partial charge in [0.2, 0.25) is 5.91 Å². The summed E-state index contributed by atoms with van der Waals surface area (Å²) in [6.07, 6.45) is 8.66. The van der Waals surface area contributed by atoms with E-state index >= 15 is 0 Å². The lowest BCUT2D eigenvalue weighted by Gasteiger charge is -2.32. The molecule has 2 aromatic rings. The smallest absolute Gasteiger partial charge is 0.246 e. The third kappa shape index (κ3) is 4.41. The largest absolute Gasteiger partial charge is 0.381 e. The highest BCUT2D eigenvalue weighted by Gasteiger charge is 2.21. The van der Waals surface area contributed by atoms with Crippen LogP contribution in [0.4, 0.5) is 10.1 Å². The molecule has 1 aromatic heterocycles. The van der Waals surface area contributed by atoms with Gasteiger partial charge in [-0.2, -0.15) is 0 Å². The standard InChI is InChI=1S/C19H20FN3O/c20-16-6-3-15(4-7-16)5-8-19(24)23-12-9-17(10-13-23)22-18-2-1-11-21-14-18/h1-8,11,14,17,22H,9-10,12-13H2. The lowest BCUT2D eigenvalue weighted by molar-refractivity contribution is -0.126. The molecule has 4 nitrogen and oxygen atoms in total. The molecule has 1 saturated heterocycles. The minimum Gasteiger partial charge on any atom is -0.381 e. The first-order valence-corrected chi connectivity index (χ1v) is 8.10. The van der Waals surface area contributed by atoms with Crippen molar-refractivity contribution >= 4 is 17.7 Å². The summed E-state index contributed by atoms with van der Waals surface area (Å²) in [5.41, 5.74) is 1.83. The normalized spacial score (nSPS) is 15.6. The Labute approximate surface area is 141 Å². The number of hydrogen-bond acceptors (Lipinski definition) is 3. The van der Waals surface area contributed by atoms with E-state index in [0.29, 0.717) is 6.04 Å². The molecule has 1 aliphatic heterocycles. The Morgan fingerprint density at radius 3 is 2.62 bits per heavy atom. The number of benzene rings is 1. The number of amides is 1. The Kier molecular flexibility index (Phi) is 5.21. The Morgan fingerprint density at radius 2 is 1.96 bits per heavy atom. The maximum atomic E-state index is 12.9. The van der Waals surface area contributed by atoms with E-state index in [2.05, 4.69) is 10.3 Å². The summed E-state index contributed by atoms with van der Waals surface area (Å²) in [6, 6.07) is 10.3. The average Bonchev–Trinajstić information content (AvgIpc) is 2.62. The van der Waals surface area contributed by atoms with Crippen LogP contribution in [0.3, 0.4) is 0 Å². The van der Waals surface area contributed by atoms with E-state index in [4.69, 9.17) is 0 Å². The summed E-state index contributed by atoms with van der Waals surface area (Å²) in [5, 5.41) is 3.45. The molecule has 0 spiro atoms.